The molecule has 0 spiro atoms. The van der Waals surface area contributed by atoms with Crippen molar-refractivity contribution >= 4 is 0 Å². The van der Waals surface area contributed by atoms with Gasteiger partial charge in [-0.3, -0.25) is 4.68 Å². The lowest BCUT2D eigenvalue weighted by atomic mass is 9.95. The van der Waals surface area contributed by atoms with Crippen molar-refractivity contribution in [2.45, 2.75) is 45.1 Å². The summed E-state index contributed by atoms with van der Waals surface area (Å²) in [5, 5.41) is 24.7. The molecule has 2 aromatic rings. The summed E-state index contributed by atoms with van der Waals surface area (Å²) in [5.41, 5.74) is 2.12. The Bertz CT molecular complexity index is 590. The van der Waals surface area contributed by atoms with Crippen molar-refractivity contribution in [1.29, 1.82) is 0 Å². The second-order valence-electron chi connectivity index (χ2n) is 5.63. The third kappa shape index (κ3) is 2.26. The molecule has 0 radical (unpaired) electrons. The summed E-state index contributed by atoms with van der Waals surface area (Å²) in [7, 11) is 0. The predicted octanol–water partition coefficient (Wildman–Crippen LogP) is 3.77. The summed E-state index contributed by atoms with van der Waals surface area (Å²) in [6.07, 6.45) is 7.69. The number of aryl methyl sites for hydroxylation is 1. The molecule has 0 amide bonds. The van der Waals surface area contributed by atoms with Gasteiger partial charge in [0.15, 0.2) is 0 Å². The Morgan fingerprint density at radius 1 is 1.10 bits per heavy atom. The van der Waals surface area contributed by atoms with Crippen LogP contribution in [0.5, 0.6) is 11.5 Å². The van der Waals surface area contributed by atoms with Crippen LogP contribution in [-0.4, -0.2) is 20.0 Å². The molecule has 3 rings (SSSR count). The van der Waals surface area contributed by atoms with Crippen molar-refractivity contribution in [3.8, 4) is 22.8 Å². The van der Waals surface area contributed by atoms with Crippen molar-refractivity contribution < 1.29 is 10.2 Å². The van der Waals surface area contributed by atoms with Gasteiger partial charge in [-0.25, -0.2) is 0 Å². The first-order valence-corrected chi connectivity index (χ1v) is 7.23. The van der Waals surface area contributed by atoms with Crippen LogP contribution in [0.15, 0.2) is 24.4 Å². The van der Waals surface area contributed by atoms with Crippen LogP contribution in [-0.2, 0) is 0 Å². The molecule has 0 saturated heterocycles. The summed E-state index contributed by atoms with van der Waals surface area (Å²) >= 11 is 0. The van der Waals surface area contributed by atoms with Gasteiger partial charge in [-0.1, -0.05) is 19.3 Å². The molecule has 1 aromatic heterocycles. The zero-order chi connectivity index (χ0) is 14.1. The zero-order valence-electron chi connectivity index (χ0n) is 11.7. The zero-order valence-corrected chi connectivity index (χ0v) is 11.7. The van der Waals surface area contributed by atoms with Crippen LogP contribution in [0.2, 0.25) is 0 Å². The molecule has 0 aliphatic heterocycles. The Morgan fingerprint density at radius 2 is 1.75 bits per heavy atom. The lowest BCUT2D eigenvalue weighted by molar-refractivity contribution is 0.331. The highest BCUT2D eigenvalue weighted by Gasteiger charge is 2.22. The van der Waals surface area contributed by atoms with E-state index >= 15 is 0 Å². The van der Waals surface area contributed by atoms with Crippen molar-refractivity contribution in [1.82, 2.24) is 9.78 Å². The smallest absolute Gasteiger partial charge is 0.128 e. The largest absolute Gasteiger partial charge is 0.507 e. The highest BCUT2D eigenvalue weighted by atomic mass is 16.3. The van der Waals surface area contributed by atoms with Gasteiger partial charge in [0.25, 0.3) is 0 Å². The standard InChI is InChI=1S/C16H20N2O2/c1-11-9-14(19)16(15(20)10-11)13-7-8-17-18(13)12-5-3-2-4-6-12/h7-10,12,19-20H,2-6H2,1H3. The monoisotopic (exact) mass is 272 g/mol. The molecule has 4 heteroatoms. The van der Waals surface area contributed by atoms with Crippen molar-refractivity contribution in [2.24, 2.45) is 0 Å². The van der Waals surface area contributed by atoms with Crippen molar-refractivity contribution in [3.63, 3.8) is 0 Å². The van der Waals surface area contributed by atoms with E-state index in [9.17, 15) is 10.2 Å². The van der Waals surface area contributed by atoms with Crippen molar-refractivity contribution in [3.05, 3.63) is 30.0 Å². The fraction of sp³-hybridized carbons (Fsp3) is 0.438. The fourth-order valence-corrected chi connectivity index (χ4v) is 3.14. The maximum Gasteiger partial charge on any atom is 0.128 e. The van der Waals surface area contributed by atoms with E-state index in [1.54, 1.807) is 18.3 Å². The summed E-state index contributed by atoms with van der Waals surface area (Å²) in [4.78, 5) is 0. The van der Waals surface area contributed by atoms with Crippen LogP contribution in [0.4, 0.5) is 0 Å². The Morgan fingerprint density at radius 3 is 2.40 bits per heavy atom. The highest BCUT2D eigenvalue weighted by Crippen LogP contribution is 2.40. The molecule has 1 fully saturated rings. The van der Waals surface area contributed by atoms with Crippen molar-refractivity contribution in [2.75, 3.05) is 0 Å². The minimum absolute atomic E-state index is 0.111. The van der Waals surface area contributed by atoms with Gasteiger partial charge in [-0.2, -0.15) is 5.10 Å². The Hall–Kier alpha value is -1.97. The topological polar surface area (TPSA) is 58.3 Å². The normalized spacial score (nSPS) is 16.4. The predicted molar refractivity (Wildman–Crippen MR) is 77.9 cm³/mol. The van der Waals surface area contributed by atoms with Crippen LogP contribution in [0.1, 0.15) is 43.7 Å². The fourth-order valence-electron chi connectivity index (χ4n) is 3.14. The third-order valence-electron chi connectivity index (χ3n) is 4.09. The maximum absolute atomic E-state index is 10.2. The Kier molecular flexibility index (Phi) is 3.38. The summed E-state index contributed by atoms with van der Waals surface area (Å²) in [6, 6.07) is 5.58. The molecule has 2 N–H and O–H groups in total. The number of hydrogen-bond acceptors (Lipinski definition) is 3. The number of hydrogen-bond donors (Lipinski definition) is 2. The van der Waals surface area contributed by atoms with Crippen LogP contribution >= 0.6 is 0 Å². The molecular formula is C16H20N2O2. The number of benzene rings is 1. The van der Waals surface area contributed by atoms with Gasteiger partial charge < -0.3 is 10.2 Å². The first kappa shape index (κ1) is 13.0. The molecule has 1 aromatic carbocycles. The average Bonchev–Trinajstić information content (AvgIpc) is 2.87. The molecule has 1 aliphatic carbocycles. The van der Waals surface area contributed by atoms with Crippen LogP contribution in [0.3, 0.4) is 0 Å². The molecule has 1 aliphatic rings. The minimum Gasteiger partial charge on any atom is -0.507 e. The summed E-state index contributed by atoms with van der Waals surface area (Å²) in [5.74, 6) is 0.222. The van der Waals surface area contributed by atoms with Crippen LogP contribution in [0, 0.1) is 6.92 Å². The second-order valence-corrected chi connectivity index (χ2v) is 5.63. The number of aromatic nitrogens is 2. The maximum atomic E-state index is 10.2. The summed E-state index contributed by atoms with van der Waals surface area (Å²) < 4.78 is 1.96. The van der Waals surface area contributed by atoms with Gasteiger partial charge in [0, 0.05) is 6.20 Å². The van der Waals surface area contributed by atoms with E-state index in [0.29, 0.717) is 11.6 Å². The minimum atomic E-state index is 0.111. The van der Waals surface area contributed by atoms with E-state index in [1.165, 1.54) is 19.3 Å². The number of phenols is 2. The van der Waals surface area contributed by atoms with Gasteiger partial charge in [0.1, 0.15) is 11.5 Å². The number of aromatic hydroxyl groups is 2. The molecular weight excluding hydrogens is 252 g/mol. The first-order chi connectivity index (χ1) is 9.66. The van der Waals surface area contributed by atoms with Gasteiger partial charge in [0.05, 0.1) is 17.3 Å². The van der Waals surface area contributed by atoms with E-state index in [1.807, 2.05) is 17.7 Å². The highest BCUT2D eigenvalue weighted by molar-refractivity contribution is 5.74. The SMILES string of the molecule is Cc1cc(O)c(-c2ccnn2C2CCCCC2)c(O)c1. The lowest BCUT2D eigenvalue weighted by Gasteiger charge is -2.24. The van der Waals surface area contributed by atoms with Gasteiger partial charge >= 0.3 is 0 Å². The van der Waals surface area contributed by atoms with E-state index < -0.39 is 0 Å². The molecule has 0 atom stereocenters. The van der Waals surface area contributed by atoms with E-state index in [0.717, 1.165) is 24.1 Å². The summed E-state index contributed by atoms with van der Waals surface area (Å²) in [6.45, 7) is 1.85. The first-order valence-electron chi connectivity index (χ1n) is 7.23. The quantitative estimate of drug-likeness (QED) is 0.874. The van der Waals surface area contributed by atoms with Gasteiger partial charge in [-0.15, -0.1) is 0 Å². The van der Waals surface area contributed by atoms with Gasteiger partial charge in [0.2, 0.25) is 0 Å². The molecule has 1 heterocycles. The number of nitrogens with zero attached hydrogens (tertiary/aromatic N) is 2. The van der Waals surface area contributed by atoms with E-state index in [4.69, 9.17) is 0 Å². The molecule has 0 unspecified atom stereocenters. The molecule has 4 nitrogen and oxygen atoms in total. The molecule has 0 bridgehead atoms. The molecule has 1 saturated carbocycles. The van der Waals surface area contributed by atoms with Crippen LogP contribution < -0.4 is 0 Å². The number of phenolic OH excluding ortho intramolecular Hbond substituents is 2. The average molecular weight is 272 g/mol. The lowest BCUT2D eigenvalue weighted by Crippen LogP contribution is -2.15. The Balaban J connectivity index is 2.05. The second kappa shape index (κ2) is 5.19. The van der Waals surface area contributed by atoms with E-state index in [2.05, 4.69) is 5.10 Å². The molecule has 106 valence electrons. The Labute approximate surface area is 118 Å². The third-order valence-corrected chi connectivity index (χ3v) is 4.09. The van der Waals surface area contributed by atoms with Crippen LogP contribution in [0.25, 0.3) is 11.3 Å². The number of rotatable bonds is 2. The van der Waals surface area contributed by atoms with E-state index in [-0.39, 0.29) is 11.5 Å². The van der Waals surface area contributed by atoms with Gasteiger partial charge in [-0.05, 0) is 43.5 Å². The molecule has 20 heavy (non-hydrogen) atoms.